The van der Waals surface area contributed by atoms with Crippen LogP contribution >= 0.6 is 11.6 Å². The Bertz CT molecular complexity index is 820. The Morgan fingerprint density at radius 1 is 1.21 bits per heavy atom. The molecule has 0 aliphatic carbocycles. The topological polar surface area (TPSA) is 76.2 Å². The lowest BCUT2D eigenvalue weighted by Crippen LogP contribution is -2.42. The van der Waals surface area contributed by atoms with E-state index >= 15 is 0 Å². The predicted molar refractivity (Wildman–Crippen MR) is 107 cm³/mol. The van der Waals surface area contributed by atoms with E-state index < -0.39 is 24.2 Å². The summed E-state index contributed by atoms with van der Waals surface area (Å²) in [4.78, 5) is 40.6. The number of benzene rings is 1. The van der Waals surface area contributed by atoms with E-state index in [9.17, 15) is 14.4 Å². The number of amides is 2. The fourth-order valence-corrected chi connectivity index (χ4v) is 4.05. The number of fused-ring (bicyclic) bond motifs is 1. The summed E-state index contributed by atoms with van der Waals surface area (Å²) < 4.78 is 10.5. The summed E-state index contributed by atoms with van der Waals surface area (Å²) in [6.45, 7) is 6.87. The van der Waals surface area contributed by atoms with E-state index in [-0.39, 0.29) is 24.3 Å². The van der Waals surface area contributed by atoms with Gasteiger partial charge in [-0.2, -0.15) is 0 Å². The van der Waals surface area contributed by atoms with Gasteiger partial charge in [-0.15, -0.1) is 0 Å². The summed E-state index contributed by atoms with van der Waals surface area (Å²) in [5.41, 5.74) is 1.70. The minimum absolute atomic E-state index is 0.146. The van der Waals surface area contributed by atoms with Crippen LogP contribution in [0.25, 0.3) is 0 Å². The van der Waals surface area contributed by atoms with Gasteiger partial charge in [0.2, 0.25) is 5.91 Å². The highest BCUT2D eigenvalue weighted by atomic mass is 35.5. The Morgan fingerprint density at radius 2 is 1.93 bits per heavy atom. The van der Waals surface area contributed by atoms with Crippen LogP contribution in [-0.4, -0.2) is 53.6 Å². The Kier molecular flexibility index (Phi) is 6.08. The minimum Gasteiger partial charge on any atom is -0.467 e. The number of hydrogen-bond donors (Lipinski definition) is 0. The van der Waals surface area contributed by atoms with Crippen molar-refractivity contribution in [1.82, 2.24) is 9.80 Å². The van der Waals surface area contributed by atoms with E-state index in [4.69, 9.17) is 21.1 Å². The van der Waals surface area contributed by atoms with Crippen LogP contribution in [0.1, 0.15) is 44.7 Å². The zero-order valence-electron chi connectivity index (χ0n) is 17.2. The van der Waals surface area contributed by atoms with Crippen LogP contribution < -0.4 is 0 Å². The molecule has 0 bridgehead atoms. The first-order valence-electron chi connectivity index (χ1n) is 9.68. The molecular weight excluding hydrogens is 396 g/mol. The summed E-state index contributed by atoms with van der Waals surface area (Å²) >= 11 is 6.21. The number of methoxy groups -OCH3 is 1. The van der Waals surface area contributed by atoms with Crippen LogP contribution in [0.4, 0.5) is 4.79 Å². The lowest BCUT2D eigenvalue weighted by molar-refractivity contribution is -0.151. The van der Waals surface area contributed by atoms with Crippen molar-refractivity contribution in [2.24, 2.45) is 5.41 Å². The first-order valence-corrected chi connectivity index (χ1v) is 10.1. The number of halogens is 1. The van der Waals surface area contributed by atoms with Gasteiger partial charge in [0.05, 0.1) is 20.2 Å². The van der Waals surface area contributed by atoms with Crippen LogP contribution in [0.15, 0.2) is 18.2 Å². The highest BCUT2D eigenvalue weighted by Crippen LogP contribution is 2.31. The number of esters is 1. The lowest BCUT2D eigenvalue weighted by Gasteiger charge is -2.26. The van der Waals surface area contributed by atoms with Crippen LogP contribution in [0.2, 0.25) is 5.02 Å². The van der Waals surface area contributed by atoms with Gasteiger partial charge in [0.1, 0.15) is 12.1 Å². The molecule has 29 heavy (non-hydrogen) atoms. The molecule has 158 valence electrons. The van der Waals surface area contributed by atoms with Gasteiger partial charge in [-0.05, 0) is 22.6 Å². The van der Waals surface area contributed by atoms with Gasteiger partial charge in [0.15, 0.2) is 0 Å². The summed E-state index contributed by atoms with van der Waals surface area (Å²) in [6, 6.07) is 4.85. The highest BCUT2D eigenvalue weighted by Gasteiger charge is 2.43. The van der Waals surface area contributed by atoms with Gasteiger partial charge in [-0.3, -0.25) is 9.69 Å². The van der Waals surface area contributed by atoms with Crippen LogP contribution in [0, 0.1) is 5.41 Å². The molecule has 0 spiro atoms. The minimum atomic E-state index is -0.738. The molecule has 2 aliphatic rings. The average molecular weight is 423 g/mol. The van der Waals surface area contributed by atoms with Gasteiger partial charge in [-0.1, -0.05) is 44.5 Å². The lowest BCUT2D eigenvalue weighted by atomic mass is 9.91. The molecule has 0 saturated carbocycles. The van der Waals surface area contributed by atoms with Gasteiger partial charge < -0.3 is 14.4 Å². The average Bonchev–Trinajstić information content (AvgIpc) is 3.25. The highest BCUT2D eigenvalue weighted by molar-refractivity contribution is 6.31. The molecule has 7 nitrogen and oxygen atoms in total. The molecule has 1 saturated heterocycles. The molecule has 8 heteroatoms. The molecule has 0 N–H and O–H groups in total. The molecule has 1 aromatic rings. The number of nitrogens with zero attached hydrogens (tertiary/aromatic N) is 2. The molecule has 2 heterocycles. The Balaban J connectivity index is 1.65. The second-order valence-corrected chi connectivity index (χ2v) is 9.20. The molecule has 3 rings (SSSR count). The van der Waals surface area contributed by atoms with E-state index in [0.29, 0.717) is 24.5 Å². The maximum Gasteiger partial charge on any atom is 0.410 e. The number of hydrogen-bond acceptors (Lipinski definition) is 5. The molecular formula is C21H27ClN2O5. The van der Waals surface area contributed by atoms with Crippen molar-refractivity contribution in [1.29, 1.82) is 0 Å². The first kappa shape index (κ1) is 21.4. The van der Waals surface area contributed by atoms with Crippen molar-refractivity contribution in [3.8, 4) is 0 Å². The molecule has 2 aliphatic heterocycles. The maximum absolute atomic E-state index is 12.7. The van der Waals surface area contributed by atoms with E-state index in [1.54, 1.807) is 11.0 Å². The van der Waals surface area contributed by atoms with Gasteiger partial charge in [0.25, 0.3) is 0 Å². The summed E-state index contributed by atoms with van der Waals surface area (Å²) in [6.07, 6.45) is -0.512. The van der Waals surface area contributed by atoms with E-state index in [1.165, 1.54) is 12.0 Å². The molecule has 0 aromatic heterocycles. The first-order chi connectivity index (χ1) is 13.6. The summed E-state index contributed by atoms with van der Waals surface area (Å²) in [7, 11) is 1.29. The third-order valence-corrected chi connectivity index (χ3v) is 5.54. The summed E-state index contributed by atoms with van der Waals surface area (Å²) in [5.74, 6) is -0.641. The number of carbonyl (C=O) groups excluding carboxylic acids is 3. The zero-order valence-corrected chi connectivity index (χ0v) is 18.0. The molecule has 2 amide bonds. The van der Waals surface area contributed by atoms with E-state index in [0.717, 1.165) is 11.1 Å². The normalized spacial score (nSPS) is 21.1. The number of carbonyl (C=O) groups is 3. The zero-order chi connectivity index (χ0) is 21.3. The van der Waals surface area contributed by atoms with E-state index in [2.05, 4.69) is 0 Å². The number of rotatable bonds is 3. The van der Waals surface area contributed by atoms with Crippen LogP contribution in [0.5, 0.6) is 0 Å². The van der Waals surface area contributed by atoms with Crippen molar-refractivity contribution in [2.45, 2.75) is 58.8 Å². The van der Waals surface area contributed by atoms with Gasteiger partial charge >= 0.3 is 12.1 Å². The number of ether oxygens (including phenoxy) is 2. The smallest absolute Gasteiger partial charge is 0.410 e. The predicted octanol–water partition coefficient (Wildman–Crippen LogP) is 3.37. The van der Waals surface area contributed by atoms with Gasteiger partial charge in [-0.25, -0.2) is 9.59 Å². The van der Waals surface area contributed by atoms with Gasteiger partial charge in [0, 0.05) is 24.4 Å². The van der Waals surface area contributed by atoms with Crippen molar-refractivity contribution < 1.29 is 23.9 Å². The van der Waals surface area contributed by atoms with Crippen LogP contribution in [-0.2, 0) is 32.2 Å². The molecule has 2 atom stereocenters. The molecule has 1 fully saturated rings. The second-order valence-electron chi connectivity index (χ2n) is 8.80. The summed E-state index contributed by atoms with van der Waals surface area (Å²) in [5, 5.41) is 0.628. The second kappa shape index (κ2) is 8.22. The SMILES string of the molecule is COC(=O)[C@@H]1C[C@@H](OC(=O)N2Cc3cccc(Cl)c3C2)CN1C(=O)CC(C)(C)C. The quantitative estimate of drug-likeness (QED) is 0.698. The Morgan fingerprint density at radius 3 is 2.55 bits per heavy atom. The maximum atomic E-state index is 12.7. The molecule has 0 unspecified atom stereocenters. The standard InChI is InChI=1S/C21H27ClN2O5/c1-21(2,3)9-18(25)24-11-14(8-17(24)19(26)28-4)29-20(27)23-10-13-6-5-7-16(22)15(13)12-23/h5-7,14,17H,8-12H2,1-4H3/t14-,17+/m1/s1. The number of likely N-dealkylation sites (tertiary alicyclic amines) is 1. The molecule has 0 radical (unpaired) electrons. The Labute approximate surface area is 175 Å². The van der Waals surface area contributed by atoms with E-state index in [1.807, 2.05) is 32.9 Å². The monoisotopic (exact) mass is 422 g/mol. The molecule has 1 aromatic carbocycles. The Hall–Kier alpha value is -2.28. The van der Waals surface area contributed by atoms with Crippen molar-refractivity contribution >= 4 is 29.6 Å². The van der Waals surface area contributed by atoms with Crippen molar-refractivity contribution in [3.05, 3.63) is 34.3 Å². The van der Waals surface area contributed by atoms with Crippen molar-refractivity contribution in [3.63, 3.8) is 0 Å². The van der Waals surface area contributed by atoms with Crippen LogP contribution in [0.3, 0.4) is 0 Å². The largest absolute Gasteiger partial charge is 0.467 e. The van der Waals surface area contributed by atoms with Crippen molar-refractivity contribution in [2.75, 3.05) is 13.7 Å². The third kappa shape index (κ3) is 4.83. The third-order valence-electron chi connectivity index (χ3n) is 5.19. The fourth-order valence-electron chi connectivity index (χ4n) is 3.80. The fraction of sp³-hybridized carbons (Fsp3) is 0.571.